The van der Waals surface area contributed by atoms with Crippen LogP contribution in [0.25, 0.3) is 10.9 Å². The monoisotopic (exact) mass is 335 g/mol. The predicted octanol–water partition coefficient (Wildman–Crippen LogP) is 3.59. The quantitative estimate of drug-likeness (QED) is 0.634. The van der Waals surface area contributed by atoms with Gasteiger partial charge in [-0.1, -0.05) is 11.6 Å². The molecule has 0 aliphatic heterocycles. The molecule has 6 nitrogen and oxygen atoms in total. The number of nitrogens with one attached hydrogen (secondary N) is 1. The summed E-state index contributed by atoms with van der Waals surface area (Å²) in [7, 11) is 1.43. The number of nitrogens with zero attached hydrogens (tertiary/aromatic N) is 2. The topological polar surface area (TPSA) is 87.5 Å². The van der Waals surface area contributed by atoms with Crippen molar-refractivity contribution in [2.24, 2.45) is 0 Å². The summed E-state index contributed by atoms with van der Waals surface area (Å²) in [5, 5.41) is 22.9. The summed E-state index contributed by atoms with van der Waals surface area (Å²) in [6, 6.07) is 5.12. The molecule has 3 aromatic rings. The van der Waals surface area contributed by atoms with Gasteiger partial charge < -0.3 is 20.3 Å². The molecule has 0 unspecified atom stereocenters. The molecule has 0 spiro atoms. The summed E-state index contributed by atoms with van der Waals surface area (Å²) in [6.45, 7) is 0. The van der Waals surface area contributed by atoms with Crippen LogP contribution in [0.15, 0.2) is 30.6 Å². The normalized spacial score (nSPS) is 10.7. The van der Waals surface area contributed by atoms with Crippen molar-refractivity contribution < 1.29 is 19.3 Å². The molecular weight excluding hydrogens is 325 g/mol. The number of hydrogen-bond acceptors (Lipinski definition) is 6. The van der Waals surface area contributed by atoms with Crippen molar-refractivity contribution in [3.63, 3.8) is 0 Å². The average Bonchev–Trinajstić information content (AvgIpc) is 2.52. The van der Waals surface area contributed by atoms with Crippen LogP contribution < -0.4 is 10.1 Å². The van der Waals surface area contributed by atoms with Crippen LogP contribution in [0.4, 0.5) is 15.9 Å². The zero-order valence-electron chi connectivity index (χ0n) is 11.8. The first kappa shape index (κ1) is 15.1. The third kappa shape index (κ3) is 2.78. The highest BCUT2D eigenvalue weighted by atomic mass is 35.5. The van der Waals surface area contributed by atoms with Gasteiger partial charge in [0.05, 0.1) is 23.3 Å². The van der Waals surface area contributed by atoms with Crippen LogP contribution in [0.3, 0.4) is 0 Å². The molecular formula is C15H11ClFN3O3. The van der Waals surface area contributed by atoms with Crippen LogP contribution in [0.2, 0.25) is 5.02 Å². The van der Waals surface area contributed by atoms with Gasteiger partial charge in [0.25, 0.3) is 0 Å². The molecule has 3 rings (SSSR count). The van der Waals surface area contributed by atoms with Crippen LogP contribution in [0.1, 0.15) is 0 Å². The number of aromatic hydroxyl groups is 2. The zero-order valence-corrected chi connectivity index (χ0v) is 12.6. The largest absolute Gasteiger partial charge is 0.506 e. The average molecular weight is 336 g/mol. The molecule has 0 saturated heterocycles. The highest BCUT2D eigenvalue weighted by Crippen LogP contribution is 2.36. The van der Waals surface area contributed by atoms with Crippen molar-refractivity contribution in [2.75, 3.05) is 12.4 Å². The van der Waals surface area contributed by atoms with E-state index >= 15 is 0 Å². The molecule has 0 aliphatic carbocycles. The third-order valence-corrected chi connectivity index (χ3v) is 3.52. The minimum Gasteiger partial charge on any atom is -0.506 e. The van der Waals surface area contributed by atoms with E-state index in [1.165, 1.54) is 25.6 Å². The molecule has 0 bridgehead atoms. The number of aromatic nitrogens is 2. The Morgan fingerprint density at radius 3 is 2.65 bits per heavy atom. The van der Waals surface area contributed by atoms with E-state index in [1.54, 1.807) is 6.07 Å². The maximum Gasteiger partial charge on any atom is 0.162 e. The van der Waals surface area contributed by atoms with Gasteiger partial charge in [0.2, 0.25) is 0 Å². The molecule has 118 valence electrons. The summed E-state index contributed by atoms with van der Waals surface area (Å²) in [5.41, 5.74) is 0.691. The number of hydrogen-bond donors (Lipinski definition) is 3. The maximum atomic E-state index is 13.3. The van der Waals surface area contributed by atoms with Crippen LogP contribution >= 0.6 is 11.6 Å². The number of fused-ring (bicyclic) bond motifs is 1. The Labute approximate surface area is 135 Å². The Balaban J connectivity index is 2.10. The van der Waals surface area contributed by atoms with E-state index in [2.05, 4.69) is 15.3 Å². The van der Waals surface area contributed by atoms with Crippen molar-refractivity contribution in [2.45, 2.75) is 0 Å². The van der Waals surface area contributed by atoms with Gasteiger partial charge in [-0.25, -0.2) is 14.4 Å². The third-order valence-electron chi connectivity index (χ3n) is 3.23. The van der Waals surface area contributed by atoms with E-state index in [-0.39, 0.29) is 28.0 Å². The number of halogens is 2. The van der Waals surface area contributed by atoms with Gasteiger partial charge >= 0.3 is 0 Å². The van der Waals surface area contributed by atoms with Gasteiger partial charge in [-0.15, -0.1) is 0 Å². The number of anilines is 2. The summed E-state index contributed by atoms with van der Waals surface area (Å²) in [5.74, 6) is -0.555. The van der Waals surface area contributed by atoms with Crippen LogP contribution in [0, 0.1) is 5.82 Å². The number of phenols is 2. The Morgan fingerprint density at radius 2 is 1.91 bits per heavy atom. The zero-order chi connectivity index (χ0) is 16.6. The number of benzene rings is 2. The smallest absolute Gasteiger partial charge is 0.162 e. The lowest BCUT2D eigenvalue weighted by molar-refractivity contribution is 0.374. The molecule has 8 heteroatoms. The molecule has 0 fully saturated rings. The van der Waals surface area contributed by atoms with Gasteiger partial charge in [-0.05, 0) is 12.1 Å². The second-order valence-corrected chi connectivity index (χ2v) is 5.08. The first-order chi connectivity index (χ1) is 11.0. The molecule has 3 N–H and O–H groups in total. The van der Waals surface area contributed by atoms with Crippen molar-refractivity contribution in [1.82, 2.24) is 9.97 Å². The van der Waals surface area contributed by atoms with Crippen LogP contribution in [0.5, 0.6) is 17.2 Å². The van der Waals surface area contributed by atoms with Gasteiger partial charge in [0.1, 0.15) is 23.7 Å². The van der Waals surface area contributed by atoms with Gasteiger partial charge in [0.15, 0.2) is 11.5 Å². The molecule has 1 heterocycles. The standard InChI is InChI=1S/C15H11ClFN3O3/c1-23-14-5-10-7(2-13(14)22)15(19-6-18-10)20-11-3-8(16)9(17)4-12(11)21/h2-6,21-22H,1H3,(H,18,19,20). The molecule has 1 aromatic heterocycles. The van der Waals surface area contributed by atoms with Crippen LogP contribution in [-0.4, -0.2) is 27.3 Å². The number of phenolic OH excluding ortho intramolecular Hbond substituents is 2. The highest BCUT2D eigenvalue weighted by molar-refractivity contribution is 6.31. The minimum absolute atomic E-state index is 0.0841. The van der Waals surface area contributed by atoms with E-state index in [0.29, 0.717) is 16.7 Å². The lowest BCUT2D eigenvalue weighted by Crippen LogP contribution is -1.97. The van der Waals surface area contributed by atoms with E-state index in [9.17, 15) is 14.6 Å². The SMILES string of the molecule is COc1cc2ncnc(Nc3cc(Cl)c(F)cc3O)c2cc1O. The fourth-order valence-corrected chi connectivity index (χ4v) is 2.26. The second-order valence-electron chi connectivity index (χ2n) is 4.67. The Bertz CT molecular complexity index is 905. The molecule has 2 aromatic carbocycles. The molecule has 0 radical (unpaired) electrons. The first-order valence-electron chi connectivity index (χ1n) is 6.46. The fourth-order valence-electron chi connectivity index (χ4n) is 2.10. The second kappa shape index (κ2) is 5.77. The predicted molar refractivity (Wildman–Crippen MR) is 84.1 cm³/mol. The maximum absolute atomic E-state index is 13.3. The summed E-state index contributed by atoms with van der Waals surface area (Å²) in [4.78, 5) is 8.17. The van der Waals surface area contributed by atoms with Gasteiger partial charge in [-0.3, -0.25) is 0 Å². The molecule has 0 saturated carbocycles. The lowest BCUT2D eigenvalue weighted by atomic mass is 10.2. The first-order valence-corrected chi connectivity index (χ1v) is 6.84. The van der Waals surface area contributed by atoms with Crippen molar-refractivity contribution in [3.8, 4) is 17.2 Å². The fraction of sp³-hybridized carbons (Fsp3) is 0.0667. The highest BCUT2D eigenvalue weighted by Gasteiger charge is 2.13. The molecule has 23 heavy (non-hydrogen) atoms. The number of rotatable bonds is 3. The lowest BCUT2D eigenvalue weighted by Gasteiger charge is -2.12. The summed E-state index contributed by atoms with van der Waals surface area (Å²) >= 11 is 5.72. The number of ether oxygens (including phenoxy) is 1. The van der Waals surface area contributed by atoms with Crippen molar-refractivity contribution in [1.29, 1.82) is 0 Å². The Hall–Kier alpha value is -2.80. The minimum atomic E-state index is -0.732. The molecule has 0 atom stereocenters. The number of methoxy groups -OCH3 is 1. The Morgan fingerprint density at radius 1 is 1.13 bits per heavy atom. The van der Waals surface area contributed by atoms with E-state index < -0.39 is 5.82 Å². The summed E-state index contributed by atoms with van der Waals surface area (Å²) in [6.07, 6.45) is 1.31. The van der Waals surface area contributed by atoms with E-state index in [4.69, 9.17) is 16.3 Å². The molecule has 0 aliphatic rings. The Kier molecular flexibility index (Phi) is 3.79. The van der Waals surface area contributed by atoms with E-state index in [0.717, 1.165) is 6.07 Å². The van der Waals surface area contributed by atoms with Crippen LogP contribution in [-0.2, 0) is 0 Å². The van der Waals surface area contributed by atoms with Gasteiger partial charge in [-0.2, -0.15) is 0 Å². The van der Waals surface area contributed by atoms with Crippen molar-refractivity contribution in [3.05, 3.63) is 41.4 Å². The summed E-state index contributed by atoms with van der Waals surface area (Å²) < 4.78 is 18.3. The molecule has 0 amide bonds. The van der Waals surface area contributed by atoms with Gasteiger partial charge in [0, 0.05) is 17.5 Å². The van der Waals surface area contributed by atoms with Crippen molar-refractivity contribution >= 4 is 34.0 Å². The van der Waals surface area contributed by atoms with E-state index in [1.807, 2.05) is 0 Å².